The highest BCUT2D eigenvalue weighted by atomic mass is 16.5. The number of rotatable bonds is 5. The molecule has 0 aromatic heterocycles. The number of nitrogens with zero attached hydrogens (tertiary/aromatic N) is 1. The Kier molecular flexibility index (Phi) is 3.32. The maximum Gasteiger partial charge on any atom is 0.304 e. The second kappa shape index (κ2) is 5.00. The molecule has 1 saturated heterocycles. The molecule has 0 unspecified atom stereocenters. The van der Waals surface area contributed by atoms with Crippen LogP contribution in [0.25, 0.3) is 0 Å². The van der Waals surface area contributed by atoms with Gasteiger partial charge in [-0.3, -0.25) is 4.79 Å². The predicted molar refractivity (Wildman–Crippen MR) is 77.6 cm³/mol. The van der Waals surface area contributed by atoms with Gasteiger partial charge in [0.25, 0.3) is 0 Å². The van der Waals surface area contributed by atoms with Crippen molar-refractivity contribution < 1.29 is 14.6 Å². The summed E-state index contributed by atoms with van der Waals surface area (Å²) in [5, 5.41) is 9.19. The first-order valence-electron chi connectivity index (χ1n) is 7.30. The maximum absolute atomic E-state index is 11.2. The molecule has 0 amide bonds. The minimum Gasteiger partial charge on any atom is -0.497 e. The van der Waals surface area contributed by atoms with Crippen LogP contribution in [0.2, 0.25) is 0 Å². The zero-order valence-electron chi connectivity index (χ0n) is 11.9. The SMILES string of the molecule is COc1ccc(N2CCCC2)c(C2(CC(=O)O)CC2)c1. The monoisotopic (exact) mass is 275 g/mol. The van der Waals surface area contributed by atoms with Crippen LogP contribution in [-0.2, 0) is 10.2 Å². The van der Waals surface area contributed by atoms with E-state index in [1.54, 1.807) is 7.11 Å². The molecule has 0 bridgehead atoms. The summed E-state index contributed by atoms with van der Waals surface area (Å²) in [5.74, 6) is 0.109. The van der Waals surface area contributed by atoms with Crippen molar-refractivity contribution in [2.24, 2.45) is 0 Å². The number of ether oxygens (including phenoxy) is 1. The summed E-state index contributed by atoms with van der Waals surface area (Å²) in [5.41, 5.74) is 2.21. The number of hydrogen-bond acceptors (Lipinski definition) is 3. The van der Waals surface area contributed by atoms with Crippen LogP contribution in [0, 0.1) is 0 Å². The normalized spacial score (nSPS) is 19.9. The van der Waals surface area contributed by atoms with Gasteiger partial charge in [-0.1, -0.05) is 0 Å². The third kappa shape index (κ3) is 2.35. The fraction of sp³-hybridized carbons (Fsp3) is 0.562. The van der Waals surface area contributed by atoms with Crippen molar-refractivity contribution in [1.82, 2.24) is 0 Å². The second-order valence-corrected chi connectivity index (χ2v) is 5.93. The van der Waals surface area contributed by atoms with E-state index in [0.29, 0.717) is 0 Å². The molecule has 1 aromatic carbocycles. The van der Waals surface area contributed by atoms with Crippen LogP contribution >= 0.6 is 0 Å². The second-order valence-electron chi connectivity index (χ2n) is 5.93. The molecule has 2 aliphatic rings. The van der Waals surface area contributed by atoms with Crippen molar-refractivity contribution in [3.8, 4) is 5.75 Å². The fourth-order valence-corrected chi connectivity index (χ4v) is 3.28. The molecular formula is C16H21NO3. The molecule has 0 atom stereocenters. The molecule has 1 heterocycles. The lowest BCUT2D eigenvalue weighted by Crippen LogP contribution is -2.23. The number of benzene rings is 1. The van der Waals surface area contributed by atoms with Crippen molar-refractivity contribution in [2.75, 3.05) is 25.1 Å². The summed E-state index contributed by atoms with van der Waals surface area (Å²) in [6.07, 6.45) is 4.59. The van der Waals surface area contributed by atoms with E-state index in [1.165, 1.54) is 24.1 Å². The Morgan fingerprint density at radius 1 is 1.35 bits per heavy atom. The Hall–Kier alpha value is -1.71. The Morgan fingerprint density at radius 3 is 2.60 bits per heavy atom. The number of carboxylic acids is 1. The van der Waals surface area contributed by atoms with Crippen molar-refractivity contribution in [1.29, 1.82) is 0 Å². The topological polar surface area (TPSA) is 49.8 Å². The minimum atomic E-state index is -0.710. The van der Waals surface area contributed by atoms with Gasteiger partial charge in [-0.15, -0.1) is 0 Å². The van der Waals surface area contributed by atoms with Gasteiger partial charge >= 0.3 is 5.97 Å². The summed E-state index contributed by atoms with van der Waals surface area (Å²) in [6, 6.07) is 6.12. The number of carbonyl (C=O) groups is 1. The molecule has 0 radical (unpaired) electrons. The van der Waals surface area contributed by atoms with Crippen molar-refractivity contribution in [2.45, 2.75) is 37.5 Å². The number of methoxy groups -OCH3 is 1. The van der Waals surface area contributed by atoms with E-state index in [9.17, 15) is 9.90 Å². The van der Waals surface area contributed by atoms with Gasteiger partial charge < -0.3 is 14.7 Å². The van der Waals surface area contributed by atoms with Crippen molar-refractivity contribution in [3.05, 3.63) is 23.8 Å². The quantitative estimate of drug-likeness (QED) is 0.897. The summed E-state index contributed by atoms with van der Waals surface area (Å²) < 4.78 is 5.33. The average molecular weight is 275 g/mol. The van der Waals surface area contributed by atoms with Crippen LogP contribution in [0.1, 0.15) is 37.7 Å². The van der Waals surface area contributed by atoms with E-state index in [-0.39, 0.29) is 11.8 Å². The van der Waals surface area contributed by atoms with Gasteiger partial charge in [-0.25, -0.2) is 0 Å². The van der Waals surface area contributed by atoms with Gasteiger partial charge in [0.05, 0.1) is 13.5 Å². The smallest absolute Gasteiger partial charge is 0.304 e. The van der Waals surface area contributed by atoms with Gasteiger partial charge in [-0.05, 0) is 49.4 Å². The fourth-order valence-electron chi connectivity index (χ4n) is 3.28. The van der Waals surface area contributed by atoms with Gasteiger partial charge in [0.1, 0.15) is 5.75 Å². The predicted octanol–water partition coefficient (Wildman–Crippen LogP) is 2.80. The summed E-state index contributed by atoms with van der Waals surface area (Å²) >= 11 is 0. The molecule has 1 aliphatic carbocycles. The van der Waals surface area contributed by atoms with E-state index >= 15 is 0 Å². The Labute approximate surface area is 119 Å². The van der Waals surface area contributed by atoms with Crippen LogP contribution in [0.15, 0.2) is 18.2 Å². The maximum atomic E-state index is 11.2. The van der Waals surface area contributed by atoms with Crippen LogP contribution in [0.4, 0.5) is 5.69 Å². The molecule has 0 spiro atoms. The summed E-state index contributed by atoms with van der Waals surface area (Å²) in [6.45, 7) is 2.14. The number of anilines is 1. The largest absolute Gasteiger partial charge is 0.497 e. The molecule has 2 fully saturated rings. The summed E-state index contributed by atoms with van der Waals surface area (Å²) in [7, 11) is 1.66. The highest BCUT2D eigenvalue weighted by molar-refractivity contribution is 5.72. The molecule has 1 N–H and O–H groups in total. The highest BCUT2D eigenvalue weighted by Gasteiger charge is 2.48. The third-order valence-electron chi connectivity index (χ3n) is 4.56. The minimum absolute atomic E-state index is 0.168. The lowest BCUT2D eigenvalue weighted by Gasteiger charge is -2.26. The molecule has 1 saturated carbocycles. The van der Waals surface area contributed by atoms with E-state index in [0.717, 1.165) is 31.7 Å². The molecule has 4 nitrogen and oxygen atoms in total. The molecular weight excluding hydrogens is 254 g/mol. The third-order valence-corrected chi connectivity index (χ3v) is 4.56. The molecule has 108 valence electrons. The van der Waals surface area contributed by atoms with E-state index in [4.69, 9.17) is 4.74 Å². The lowest BCUT2D eigenvalue weighted by molar-refractivity contribution is -0.137. The number of carboxylic acid groups (broad SMARTS) is 1. The van der Waals surface area contributed by atoms with Crippen LogP contribution in [-0.4, -0.2) is 31.3 Å². The summed E-state index contributed by atoms with van der Waals surface area (Å²) in [4.78, 5) is 13.6. The zero-order valence-corrected chi connectivity index (χ0v) is 11.9. The average Bonchev–Trinajstić information content (AvgIpc) is 3.01. The molecule has 3 rings (SSSR count). The van der Waals surface area contributed by atoms with Crippen LogP contribution in [0.3, 0.4) is 0 Å². The Morgan fingerprint density at radius 2 is 2.05 bits per heavy atom. The molecule has 1 aliphatic heterocycles. The number of aliphatic carboxylic acids is 1. The van der Waals surface area contributed by atoms with E-state index in [1.807, 2.05) is 12.1 Å². The standard InChI is InChI=1S/C16H21NO3/c1-20-12-4-5-14(17-8-2-3-9-17)13(10-12)16(6-7-16)11-15(18)19/h4-5,10H,2-3,6-9,11H2,1H3,(H,18,19). The Bertz CT molecular complexity index is 516. The molecule has 4 heteroatoms. The van der Waals surface area contributed by atoms with Crippen molar-refractivity contribution in [3.63, 3.8) is 0 Å². The Balaban J connectivity index is 1.99. The van der Waals surface area contributed by atoms with Gasteiger partial charge in [0.15, 0.2) is 0 Å². The molecule has 20 heavy (non-hydrogen) atoms. The number of hydrogen-bond donors (Lipinski definition) is 1. The van der Waals surface area contributed by atoms with Crippen molar-refractivity contribution >= 4 is 11.7 Å². The highest BCUT2D eigenvalue weighted by Crippen LogP contribution is 2.54. The first-order valence-corrected chi connectivity index (χ1v) is 7.30. The van der Waals surface area contributed by atoms with Gasteiger partial charge in [0, 0.05) is 24.2 Å². The zero-order chi connectivity index (χ0) is 14.2. The van der Waals surface area contributed by atoms with Gasteiger partial charge in [-0.2, -0.15) is 0 Å². The lowest BCUT2D eigenvalue weighted by atomic mass is 9.90. The first-order chi connectivity index (χ1) is 9.64. The van der Waals surface area contributed by atoms with Crippen LogP contribution in [0.5, 0.6) is 5.75 Å². The van der Waals surface area contributed by atoms with Gasteiger partial charge in [0.2, 0.25) is 0 Å². The van der Waals surface area contributed by atoms with E-state index < -0.39 is 5.97 Å². The first kappa shape index (κ1) is 13.3. The van der Waals surface area contributed by atoms with E-state index in [2.05, 4.69) is 11.0 Å². The molecule has 1 aromatic rings. The van der Waals surface area contributed by atoms with Crippen LogP contribution < -0.4 is 9.64 Å².